The zero-order chi connectivity index (χ0) is 21.1. The fraction of sp³-hybridized carbons (Fsp3) is 0.273. The molecule has 154 valence electrons. The molecule has 2 aromatic carbocycles. The predicted octanol–water partition coefficient (Wildman–Crippen LogP) is 4.48. The predicted molar refractivity (Wildman–Crippen MR) is 116 cm³/mol. The van der Waals surface area contributed by atoms with Crippen LogP contribution in [0.15, 0.2) is 57.5 Å². The summed E-state index contributed by atoms with van der Waals surface area (Å²) < 4.78 is 6.41. The van der Waals surface area contributed by atoms with Gasteiger partial charge in [0.25, 0.3) is 5.91 Å². The summed E-state index contributed by atoms with van der Waals surface area (Å²) in [6.07, 6.45) is 1.78. The third kappa shape index (κ3) is 4.59. The second kappa shape index (κ2) is 8.79. The Morgan fingerprint density at radius 2 is 2.00 bits per heavy atom. The number of nitrogens with one attached hydrogen (secondary N) is 1. The number of amides is 2. The lowest BCUT2D eigenvalue weighted by atomic mass is 9.97. The van der Waals surface area contributed by atoms with Crippen LogP contribution in [0.2, 0.25) is 0 Å². The molecule has 1 N–H and O–H groups in total. The van der Waals surface area contributed by atoms with E-state index in [0.717, 1.165) is 22.9 Å². The van der Waals surface area contributed by atoms with Crippen LogP contribution in [-0.4, -0.2) is 39.9 Å². The van der Waals surface area contributed by atoms with Gasteiger partial charge in [-0.05, 0) is 55.3 Å². The molecule has 0 saturated carbocycles. The van der Waals surface area contributed by atoms with E-state index in [1.54, 1.807) is 12.1 Å². The lowest BCUT2D eigenvalue weighted by Crippen LogP contribution is -2.39. The van der Waals surface area contributed by atoms with E-state index in [2.05, 4.69) is 31.4 Å². The highest BCUT2D eigenvalue weighted by molar-refractivity contribution is 9.10. The van der Waals surface area contributed by atoms with Gasteiger partial charge in [-0.1, -0.05) is 27.2 Å². The Balaban J connectivity index is 1.46. The van der Waals surface area contributed by atoms with Crippen molar-refractivity contribution in [2.75, 3.05) is 18.4 Å². The van der Waals surface area contributed by atoms with Gasteiger partial charge in [-0.25, -0.2) is 0 Å². The van der Waals surface area contributed by atoms with Crippen molar-refractivity contribution >= 4 is 33.4 Å². The van der Waals surface area contributed by atoms with Gasteiger partial charge in [-0.15, -0.1) is 0 Å². The van der Waals surface area contributed by atoms with Gasteiger partial charge in [0.15, 0.2) is 0 Å². The van der Waals surface area contributed by atoms with Crippen LogP contribution in [-0.2, 0) is 4.79 Å². The Hall–Kier alpha value is -3.00. The molecule has 4 rings (SSSR count). The molecule has 1 aliphatic heterocycles. The van der Waals surface area contributed by atoms with Crippen molar-refractivity contribution in [1.29, 1.82) is 0 Å². The third-order valence-corrected chi connectivity index (χ3v) is 5.53. The van der Waals surface area contributed by atoms with Gasteiger partial charge < -0.3 is 14.7 Å². The maximum absolute atomic E-state index is 12.9. The molecule has 1 fully saturated rings. The summed E-state index contributed by atoms with van der Waals surface area (Å²) >= 11 is 3.42. The van der Waals surface area contributed by atoms with Crippen molar-refractivity contribution in [2.24, 2.45) is 0 Å². The van der Waals surface area contributed by atoms with E-state index < -0.39 is 0 Å². The first kappa shape index (κ1) is 20.3. The molecule has 3 aromatic rings. The molecular weight excluding hydrogens is 448 g/mol. The second-order valence-electron chi connectivity index (χ2n) is 7.32. The van der Waals surface area contributed by atoms with Crippen LogP contribution >= 0.6 is 15.9 Å². The highest BCUT2D eigenvalue weighted by atomic mass is 79.9. The van der Waals surface area contributed by atoms with Gasteiger partial charge in [0, 0.05) is 41.3 Å². The summed E-state index contributed by atoms with van der Waals surface area (Å²) in [5.74, 6) is 0.936. The number of aromatic nitrogens is 2. The number of carbonyl (C=O) groups is 2. The average molecular weight is 469 g/mol. The van der Waals surface area contributed by atoms with E-state index in [1.807, 2.05) is 41.3 Å². The minimum Gasteiger partial charge on any atom is -0.339 e. The summed E-state index contributed by atoms with van der Waals surface area (Å²) in [6.45, 7) is 2.73. The smallest absolute Gasteiger partial charge is 0.253 e. The molecule has 2 heterocycles. The number of rotatable bonds is 4. The minimum absolute atomic E-state index is 0.00861. The summed E-state index contributed by atoms with van der Waals surface area (Å²) in [7, 11) is 0. The van der Waals surface area contributed by atoms with Crippen LogP contribution in [0.5, 0.6) is 0 Å². The molecule has 0 bridgehead atoms. The first-order valence-corrected chi connectivity index (χ1v) is 10.6. The molecular formula is C22H21BrN4O3. The Morgan fingerprint density at radius 1 is 1.20 bits per heavy atom. The van der Waals surface area contributed by atoms with Crippen molar-refractivity contribution in [3.63, 3.8) is 0 Å². The normalized spacial score (nSPS) is 16.3. The van der Waals surface area contributed by atoms with Crippen molar-refractivity contribution in [2.45, 2.75) is 25.7 Å². The fourth-order valence-electron chi connectivity index (χ4n) is 3.59. The van der Waals surface area contributed by atoms with E-state index >= 15 is 0 Å². The largest absolute Gasteiger partial charge is 0.339 e. The van der Waals surface area contributed by atoms with E-state index in [1.165, 1.54) is 6.92 Å². The maximum atomic E-state index is 12.9. The van der Waals surface area contributed by atoms with Gasteiger partial charge in [0.05, 0.1) is 5.92 Å². The number of piperidine rings is 1. The van der Waals surface area contributed by atoms with Gasteiger partial charge in [-0.3, -0.25) is 9.59 Å². The Bertz CT molecular complexity index is 1060. The molecule has 1 aliphatic rings. The number of hydrogen-bond acceptors (Lipinski definition) is 5. The maximum Gasteiger partial charge on any atom is 0.253 e. The molecule has 8 heteroatoms. The SMILES string of the molecule is CC(=O)Nc1ccc(-c2noc([C@@H]3CCCN(C(=O)c4cccc(Br)c4)C3)n2)cc1. The van der Waals surface area contributed by atoms with Crippen molar-refractivity contribution in [3.05, 3.63) is 64.5 Å². The van der Waals surface area contributed by atoms with Crippen molar-refractivity contribution < 1.29 is 14.1 Å². The van der Waals surface area contributed by atoms with Crippen LogP contribution in [0.1, 0.15) is 41.9 Å². The van der Waals surface area contributed by atoms with Crippen molar-refractivity contribution in [3.8, 4) is 11.4 Å². The zero-order valence-electron chi connectivity index (χ0n) is 16.5. The van der Waals surface area contributed by atoms with E-state index in [-0.39, 0.29) is 17.7 Å². The number of benzene rings is 2. The quantitative estimate of drug-likeness (QED) is 0.609. The van der Waals surface area contributed by atoms with Crippen LogP contribution < -0.4 is 5.32 Å². The number of nitrogens with zero attached hydrogens (tertiary/aromatic N) is 3. The Kier molecular flexibility index (Phi) is 5.94. The molecule has 1 aromatic heterocycles. The minimum atomic E-state index is -0.121. The van der Waals surface area contributed by atoms with Gasteiger partial charge in [0.2, 0.25) is 17.6 Å². The summed E-state index contributed by atoms with van der Waals surface area (Å²) in [6, 6.07) is 14.7. The molecule has 0 unspecified atom stereocenters. The molecule has 0 spiro atoms. The molecule has 1 saturated heterocycles. The van der Waals surface area contributed by atoms with E-state index in [4.69, 9.17) is 4.52 Å². The molecule has 0 aliphatic carbocycles. The summed E-state index contributed by atoms with van der Waals surface area (Å²) in [5.41, 5.74) is 2.18. The van der Waals surface area contributed by atoms with Crippen molar-refractivity contribution in [1.82, 2.24) is 15.0 Å². The number of carbonyl (C=O) groups excluding carboxylic acids is 2. The van der Waals surface area contributed by atoms with Gasteiger partial charge in [0.1, 0.15) is 0 Å². The zero-order valence-corrected chi connectivity index (χ0v) is 18.1. The van der Waals surface area contributed by atoms with Gasteiger partial charge in [-0.2, -0.15) is 4.98 Å². The standard InChI is InChI=1S/C22H21BrN4O3/c1-14(28)24-19-9-7-15(8-10-19)20-25-21(30-26-20)17-5-3-11-27(13-17)22(29)16-4-2-6-18(23)12-16/h2,4,6-10,12,17H,3,5,11,13H2,1H3,(H,24,28)/t17-/m1/s1. The Morgan fingerprint density at radius 3 is 2.73 bits per heavy atom. The third-order valence-electron chi connectivity index (χ3n) is 5.03. The lowest BCUT2D eigenvalue weighted by Gasteiger charge is -2.31. The highest BCUT2D eigenvalue weighted by Gasteiger charge is 2.29. The number of anilines is 1. The Labute approximate surface area is 182 Å². The number of likely N-dealkylation sites (tertiary alicyclic amines) is 1. The van der Waals surface area contributed by atoms with Crippen LogP contribution in [0.25, 0.3) is 11.4 Å². The number of hydrogen-bond donors (Lipinski definition) is 1. The molecule has 7 nitrogen and oxygen atoms in total. The van der Waals surface area contributed by atoms with Crippen LogP contribution in [0.4, 0.5) is 5.69 Å². The second-order valence-corrected chi connectivity index (χ2v) is 8.23. The first-order chi connectivity index (χ1) is 14.5. The van der Waals surface area contributed by atoms with Crippen LogP contribution in [0.3, 0.4) is 0 Å². The fourth-order valence-corrected chi connectivity index (χ4v) is 3.99. The van der Waals surface area contributed by atoms with Gasteiger partial charge >= 0.3 is 0 Å². The topological polar surface area (TPSA) is 88.3 Å². The highest BCUT2D eigenvalue weighted by Crippen LogP contribution is 2.29. The lowest BCUT2D eigenvalue weighted by molar-refractivity contribution is -0.114. The molecule has 30 heavy (non-hydrogen) atoms. The molecule has 0 radical (unpaired) electrons. The summed E-state index contributed by atoms with van der Waals surface area (Å²) in [5, 5.41) is 6.84. The first-order valence-electron chi connectivity index (χ1n) is 9.76. The van der Waals surface area contributed by atoms with E-state index in [9.17, 15) is 9.59 Å². The molecule has 1 atom stereocenters. The molecule has 2 amide bonds. The average Bonchev–Trinajstić information content (AvgIpc) is 3.24. The monoisotopic (exact) mass is 468 g/mol. The van der Waals surface area contributed by atoms with E-state index in [0.29, 0.717) is 36.1 Å². The number of halogens is 1. The summed E-state index contributed by atoms with van der Waals surface area (Å²) in [4.78, 5) is 30.4. The van der Waals surface area contributed by atoms with Crippen LogP contribution in [0, 0.1) is 0 Å².